The van der Waals surface area contributed by atoms with Crippen molar-refractivity contribution in [2.24, 2.45) is 0 Å². The third-order valence-corrected chi connectivity index (χ3v) is 4.48. The Morgan fingerprint density at radius 3 is 2.48 bits per heavy atom. The number of piperidine rings is 1. The average Bonchev–Trinajstić information content (AvgIpc) is 2.69. The number of aromatic nitrogens is 1. The monoisotopic (exact) mass is 341 g/mol. The van der Waals surface area contributed by atoms with Gasteiger partial charge in [-0.25, -0.2) is 0 Å². The molecule has 1 aliphatic heterocycles. The van der Waals surface area contributed by atoms with Crippen LogP contribution >= 0.6 is 0 Å². The number of methoxy groups -OCH3 is 2. The molecule has 2 aromatic rings. The number of nitrogens with one attached hydrogen (secondary N) is 1. The van der Waals surface area contributed by atoms with Crippen LogP contribution in [0.4, 0.5) is 5.69 Å². The molecule has 1 aliphatic rings. The van der Waals surface area contributed by atoms with Gasteiger partial charge in [0.25, 0.3) is 5.91 Å². The van der Waals surface area contributed by atoms with Crippen molar-refractivity contribution >= 4 is 11.6 Å². The molecule has 0 saturated carbocycles. The zero-order chi connectivity index (χ0) is 17.6. The van der Waals surface area contributed by atoms with Gasteiger partial charge >= 0.3 is 0 Å². The molecule has 25 heavy (non-hydrogen) atoms. The van der Waals surface area contributed by atoms with Crippen molar-refractivity contribution in [1.82, 2.24) is 9.88 Å². The number of likely N-dealkylation sites (tertiary alicyclic amines) is 1. The Balaban J connectivity index is 1.59. The van der Waals surface area contributed by atoms with Crippen LogP contribution in [0.15, 0.2) is 42.7 Å². The summed E-state index contributed by atoms with van der Waals surface area (Å²) in [4.78, 5) is 18.3. The predicted molar refractivity (Wildman–Crippen MR) is 96.3 cm³/mol. The second kappa shape index (κ2) is 7.88. The highest BCUT2D eigenvalue weighted by atomic mass is 16.5. The molecule has 2 heterocycles. The standard InChI is InChI=1S/C19H23N3O3/c1-24-16-3-4-17(18(13-16)25-2)21-15-7-11-22(12-8-15)19(23)14-5-9-20-10-6-14/h3-6,9-10,13,15,21H,7-8,11-12H2,1-2H3. The molecule has 1 fully saturated rings. The van der Waals surface area contributed by atoms with Gasteiger partial charge in [0.15, 0.2) is 0 Å². The van der Waals surface area contributed by atoms with E-state index >= 15 is 0 Å². The van der Waals surface area contributed by atoms with Gasteiger partial charge in [-0.15, -0.1) is 0 Å². The molecular formula is C19H23N3O3. The van der Waals surface area contributed by atoms with E-state index in [4.69, 9.17) is 9.47 Å². The summed E-state index contributed by atoms with van der Waals surface area (Å²) >= 11 is 0. The third kappa shape index (κ3) is 4.02. The van der Waals surface area contributed by atoms with Gasteiger partial charge in [0.1, 0.15) is 11.5 Å². The van der Waals surface area contributed by atoms with Gasteiger partial charge in [0, 0.05) is 43.2 Å². The van der Waals surface area contributed by atoms with Crippen LogP contribution in [0.5, 0.6) is 11.5 Å². The van der Waals surface area contributed by atoms with Gasteiger partial charge in [0.05, 0.1) is 19.9 Å². The number of pyridine rings is 1. The molecule has 0 bridgehead atoms. The number of anilines is 1. The van der Waals surface area contributed by atoms with E-state index in [0.717, 1.165) is 43.1 Å². The lowest BCUT2D eigenvalue weighted by molar-refractivity contribution is 0.0718. The number of hydrogen-bond donors (Lipinski definition) is 1. The highest BCUT2D eigenvalue weighted by Crippen LogP contribution is 2.30. The number of benzene rings is 1. The molecule has 6 nitrogen and oxygen atoms in total. The Hall–Kier alpha value is -2.76. The molecule has 3 rings (SSSR count). The van der Waals surface area contributed by atoms with E-state index in [2.05, 4.69) is 10.3 Å². The quantitative estimate of drug-likeness (QED) is 0.906. The van der Waals surface area contributed by atoms with Crippen LogP contribution in [0.1, 0.15) is 23.2 Å². The molecule has 132 valence electrons. The van der Waals surface area contributed by atoms with Crippen molar-refractivity contribution in [2.45, 2.75) is 18.9 Å². The normalized spacial score (nSPS) is 14.9. The highest BCUT2D eigenvalue weighted by molar-refractivity contribution is 5.94. The first kappa shape index (κ1) is 17.1. The van der Waals surface area contributed by atoms with Gasteiger partial charge in [-0.3, -0.25) is 9.78 Å². The number of carbonyl (C=O) groups is 1. The van der Waals surface area contributed by atoms with Crippen LogP contribution in [0.25, 0.3) is 0 Å². The van der Waals surface area contributed by atoms with E-state index < -0.39 is 0 Å². The fraction of sp³-hybridized carbons (Fsp3) is 0.368. The molecule has 0 atom stereocenters. The lowest BCUT2D eigenvalue weighted by Gasteiger charge is -2.33. The first-order valence-corrected chi connectivity index (χ1v) is 8.39. The topological polar surface area (TPSA) is 63.7 Å². The molecule has 1 saturated heterocycles. The molecule has 1 N–H and O–H groups in total. The minimum absolute atomic E-state index is 0.0721. The van der Waals surface area contributed by atoms with E-state index in [-0.39, 0.29) is 5.91 Å². The Morgan fingerprint density at radius 1 is 1.12 bits per heavy atom. The van der Waals surface area contributed by atoms with Gasteiger partial charge in [-0.05, 0) is 37.1 Å². The Morgan fingerprint density at radius 2 is 1.84 bits per heavy atom. The first-order valence-electron chi connectivity index (χ1n) is 8.39. The van der Waals surface area contributed by atoms with Crippen molar-refractivity contribution in [3.63, 3.8) is 0 Å². The van der Waals surface area contributed by atoms with Gasteiger partial charge in [-0.2, -0.15) is 0 Å². The zero-order valence-corrected chi connectivity index (χ0v) is 14.6. The molecule has 0 spiro atoms. The van der Waals surface area contributed by atoms with Crippen LogP contribution in [0.2, 0.25) is 0 Å². The van der Waals surface area contributed by atoms with Crippen molar-refractivity contribution in [3.8, 4) is 11.5 Å². The number of carbonyl (C=O) groups excluding carboxylic acids is 1. The molecule has 1 aromatic heterocycles. The van der Waals surface area contributed by atoms with Crippen LogP contribution in [0.3, 0.4) is 0 Å². The van der Waals surface area contributed by atoms with E-state index in [1.807, 2.05) is 23.1 Å². The largest absolute Gasteiger partial charge is 0.497 e. The molecule has 0 radical (unpaired) electrons. The van der Waals surface area contributed by atoms with Crippen LogP contribution in [0, 0.1) is 0 Å². The minimum Gasteiger partial charge on any atom is -0.497 e. The first-order chi connectivity index (χ1) is 12.2. The number of rotatable bonds is 5. The summed E-state index contributed by atoms with van der Waals surface area (Å²) in [6.07, 6.45) is 5.09. The maximum Gasteiger partial charge on any atom is 0.253 e. The van der Waals surface area contributed by atoms with Crippen LogP contribution < -0.4 is 14.8 Å². The molecule has 6 heteroatoms. The van der Waals surface area contributed by atoms with Crippen molar-refractivity contribution in [1.29, 1.82) is 0 Å². The molecule has 0 unspecified atom stereocenters. The second-order valence-electron chi connectivity index (χ2n) is 6.01. The Labute approximate surface area is 147 Å². The maximum atomic E-state index is 12.5. The fourth-order valence-corrected chi connectivity index (χ4v) is 3.04. The molecular weight excluding hydrogens is 318 g/mol. The summed E-state index contributed by atoms with van der Waals surface area (Å²) in [5, 5.41) is 3.52. The summed E-state index contributed by atoms with van der Waals surface area (Å²) in [7, 11) is 3.29. The van der Waals surface area contributed by atoms with Crippen molar-refractivity contribution < 1.29 is 14.3 Å². The third-order valence-electron chi connectivity index (χ3n) is 4.48. The summed E-state index contributed by atoms with van der Waals surface area (Å²) in [6, 6.07) is 9.57. The number of hydrogen-bond acceptors (Lipinski definition) is 5. The Bertz CT molecular complexity index is 713. The van der Waals surface area contributed by atoms with Crippen molar-refractivity contribution in [2.75, 3.05) is 32.6 Å². The fourth-order valence-electron chi connectivity index (χ4n) is 3.04. The highest BCUT2D eigenvalue weighted by Gasteiger charge is 2.24. The second-order valence-corrected chi connectivity index (χ2v) is 6.01. The number of amides is 1. The molecule has 1 amide bonds. The van der Waals surface area contributed by atoms with Crippen molar-refractivity contribution in [3.05, 3.63) is 48.3 Å². The maximum absolute atomic E-state index is 12.5. The lowest BCUT2D eigenvalue weighted by Crippen LogP contribution is -2.42. The lowest BCUT2D eigenvalue weighted by atomic mass is 10.0. The number of ether oxygens (including phenoxy) is 2. The van der Waals surface area contributed by atoms with Gasteiger partial charge < -0.3 is 19.7 Å². The van der Waals surface area contributed by atoms with E-state index in [1.165, 1.54) is 0 Å². The minimum atomic E-state index is 0.0721. The van der Waals surface area contributed by atoms with Gasteiger partial charge in [0.2, 0.25) is 0 Å². The molecule has 1 aromatic carbocycles. The number of nitrogens with zero attached hydrogens (tertiary/aromatic N) is 2. The van der Waals surface area contributed by atoms with E-state index in [1.54, 1.807) is 38.7 Å². The van der Waals surface area contributed by atoms with Gasteiger partial charge in [-0.1, -0.05) is 0 Å². The van der Waals surface area contributed by atoms with E-state index in [0.29, 0.717) is 11.6 Å². The average molecular weight is 341 g/mol. The summed E-state index contributed by atoms with van der Waals surface area (Å²) in [5.74, 6) is 1.60. The summed E-state index contributed by atoms with van der Waals surface area (Å²) in [6.45, 7) is 1.47. The predicted octanol–water partition coefficient (Wildman–Crippen LogP) is 2.82. The van der Waals surface area contributed by atoms with Crippen LogP contribution in [-0.4, -0.2) is 49.1 Å². The van der Waals surface area contributed by atoms with E-state index in [9.17, 15) is 4.79 Å². The summed E-state index contributed by atoms with van der Waals surface area (Å²) in [5.41, 5.74) is 1.64. The zero-order valence-electron chi connectivity index (χ0n) is 14.6. The summed E-state index contributed by atoms with van der Waals surface area (Å²) < 4.78 is 10.7. The smallest absolute Gasteiger partial charge is 0.253 e. The Kier molecular flexibility index (Phi) is 5.38. The SMILES string of the molecule is COc1ccc(NC2CCN(C(=O)c3ccncc3)CC2)c(OC)c1. The van der Waals surface area contributed by atoms with Crippen LogP contribution in [-0.2, 0) is 0 Å². The molecule has 0 aliphatic carbocycles.